The molecule has 1 aliphatic heterocycles. The van der Waals surface area contributed by atoms with Crippen LogP contribution < -0.4 is 0 Å². The van der Waals surface area contributed by atoms with Gasteiger partial charge in [-0.3, -0.25) is 4.79 Å². The first-order chi connectivity index (χ1) is 8.26. The lowest BCUT2D eigenvalue weighted by atomic mass is 9.76. The van der Waals surface area contributed by atoms with E-state index in [-0.39, 0.29) is 23.3 Å². The number of ketones is 1. The number of rotatable bonds is 1. The minimum atomic E-state index is -1.84. The second kappa shape index (κ2) is 3.35. The van der Waals surface area contributed by atoms with Crippen molar-refractivity contribution in [3.8, 4) is 0 Å². The largest absolute Gasteiger partial charge is 0.458 e. The Bertz CT molecular complexity index is 486. The fraction of sp³-hybridized carbons (Fsp3) is 0.714. The number of Topliss-reactive ketones (excluding diaryl/α,β-unsaturated/α-hetero) is 1. The van der Waals surface area contributed by atoms with E-state index in [9.17, 15) is 9.59 Å². The molecule has 1 heterocycles. The first kappa shape index (κ1) is 12.1. The molecule has 2 fully saturated rings. The van der Waals surface area contributed by atoms with Crippen molar-refractivity contribution < 1.29 is 14.3 Å². The summed E-state index contributed by atoms with van der Waals surface area (Å²) in [6.07, 6.45) is 2.50. The molecule has 3 rings (SSSR count). The molecule has 4 heteroatoms. The molecule has 0 aromatic carbocycles. The third-order valence-electron chi connectivity index (χ3n) is 5.00. The van der Waals surface area contributed by atoms with Crippen LogP contribution in [0.3, 0.4) is 0 Å². The van der Waals surface area contributed by atoms with Crippen molar-refractivity contribution in [3.63, 3.8) is 0 Å². The Balaban J connectivity index is 2.28. The van der Waals surface area contributed by atoms with Crippen molar-refractivity contribution in [3.05, 3.63) is 10.8 Å². The summed E-state index contributed by atoms with van der Waals surface area (Å²) in [5.41, 5.74) is 0.672. The van der Waals surface area contributed by atoms with E-state index in [1.54, 1.807) is 0 Å². The fourth-order valence-electron chi connectivity index (χ4n) is 4.08. The highest BCUT2D eigenvalue weighted by molar-refractivity contribution is 6.87. The molecular formula is C14H20O3Si. The third kappa shape index (κ3) is 1.30. The average Bonchev–Trinajstić information content (AvgIpc) is 2.65. The van der Waals surface area contributed by atoms with E-state index in [0.717, 1.165) is 23.6 Å². The van der Waals surface area contributed by atoms with Gasteiger partial charge in [0.2, 0.25) is 0 Å². The maximum atomic E-state index is 12.4. The minimum Gasteiger partial charge on any atom is -0.458 e. The smallest absolute Gasteiger partial charge is 0.330 e. The molecule has 0 radical (unpaired) electrons. The molecular weight excluding hydrogens is 244 g/mol. The summed E-state index contributed by atoms with van der Waals surface area (Å²) < 4.78 is 5.67. The van der Waals surface area contributed by atoms with Gasteiger partial charge in [-0.15, -0.1) is 0 Å². The summed E-state index contributed by atoms with van der Waals surface area (Å²) in [7, 11) is -1.84. The Hall–Kier alpha value is -0.903. The molecule has 18 heavy (non-hydrogen) atoms. The van der Waals surface area contributed by atoms with Crippen LogP contribution in [0.2, 0.25) is 19.6 Å². The Kier molecular flexibility index (Phi) is 2.26. The first-order valence-corrected chi connectivity index (χ1v) is 10.3. The van der Waals surface area contributed by atoms with Gasteiger partial charge in [-0.1, -0.05) is 26.6 Å². The van der Waals surface area contributed by atoms with Gasteiger partial charge in [0.15, 0.2) is 5.78 Å². The predicted octanol–water partition coefficient (Wildman–Crippen LogP) is 2.47. The molecule has 0 N–H and O–H groups in total. The zero-order valence-electron chi connectivity index (χ0n) is 11.5. The molecule has 0 saturated heterocycles. The molecule has 2 saturated carbocycles. The standard InChI is InChI=1S/C14H20O3Si/c1-14-8-5-6-10(14)17-13(16)12(18(2,3)4)11(14)9(15)7-8/h8,10H,5-7H2,1-4H3/t8-,10-,14+/m0/s1. The molecule has 0 unspecified atom stereocenters. The number of ether oxygens (including phenoxy) is 1. The van der Waals surface area contributed by atoms with Gasteiger partial charge < -0.3 is 4.74 Å². The maximum Gasteiger partial charge on any atom is 0.330 e. The molecule has 2 aliphatic carbocycles. The molecule has 0 amide bonds. The first-order valence-electron chi connectivity index (χ1n) is 6.75. The lowest BCUT2D eigenvalue weighted by Crippen LogP contribution is -2.46. The molecule has 3 aliphatic rings. The van der Waals surface area contributed by atoms with Crippen molar-refractivity contribution in [1.29, 1.82) is 0 Å². The highest BCUT2D eigenvalue weighted by atomic mass is 28.3. The summed E-state index contributed by atoms with van der Waals surface area (Å²) in [5.74, 6) is 0.397. The number of hydrogen-bond donors (Lipinski definition) is 0. The Morgan fingerprint density at radius 3 is 2.50 bits per heavy atom. The van der Waals surface area contributed by atoms with E-state index in [1.807, 2.05) is 0 Å². The zero-order chi connectivity index (χ0) is 13.3. The van der Waals surface area contributed by atoms with E-state index in [1.165, 1.54) is 0 Å². The van der Waals surface area contributed by atoms with Crippen molar-refractivity contribution >= 4 is 19.8 Å². The van der Waals surface area contributed by atoms with E-state index in [2.05, 4.69) is 26.6 Å². The normalized spacial score (nSPS) is 39.1. The van der Waals surface area contributed by atoms with Crippen molar-refractivity contribution in [2.24, 2.45) is 11.3 Å². The molecule has 3 nitrogen and oxygen atoms in total. The van der Waals surface area contributed by atoms with E-state index >= 15 is 0 Å². The van der Waals surface area contributed by atoms with Crippen LogP contribution in [0.5, 0.6) is 0 Å². The Morgan fingerprint density at radius 1 is 1.22 bits per heavy atom. The lowest BCUT2D eigenvalue weighted by molar-refractivity contribution is -0.150. The van der Waals surface area contributed by atoms with Gasteiger partial charge in [0.1, 0.15) is 6.10 Å². The van der Waals surface area contributed by atoms with Crippen molar-refractivity contribution in [2.45, 2.75) is 51.9 Å². The molecule has 0 aromatic heterocycles. The highest BCUT2D eigenvalue weighted by Gasteiger charge is 2.62. The van der Waals surface area contributed by atoms with Gasteiger partial charge in [-0.25, -0.2) is 4.79 Å². The summed E-state index contributed by atoms with van der Waals surface area (Å²) in [5, 5.41) is 0.760. The van der Waals surface area contributed by atoms with Crippen LogP contribution in [-0.4, -0.2) is 25.9 Å². The minimum absolute atomic E-state index is 0.0588. The number of carbonyl (C=O) groups excluding carboxylic acids is 2. The van der Waals surface area contributed by atoms with Gasteiger partial charge in [0, 0.05) is 22.6 Å². The van der Waals surface area contributed by atoms with Crippen LogP contribution in [0.25, 0.3) is 0 Å². The van der Waals surface area contributed by atoms with Crippen LogP contribution in [-0.2, 0) is 14.3 Å². The molecule has 0 bridgehead atoms. The summed E-state index contributed by atoms with van der Waals surface area (Å²) in [4.78, 5) is 24.6. The van der Waals surface area contributed by atoms with Gasteiger partial charge in [0.05, 0.1) is 8.07 Å². The highest BCUT2D eigenvalue weighted by Crippen LogP contribution is 2.60. The summed E-state index contributed by atoms with van der Waals surface area (Å²) >= 11 is 0. The van der Waals surface area contributed by atoms with Crippen molar-refractivity contribution in [2.75, 3.05) is 0 Å². The average molecular weight is 264 g/mol. The fourth-order valence-corrected chi connectivity index (χ4v) is 5.91. The van der Waals surface area contributed by atoms with Gasteiger partial charge in [-0.2, -0.15) is 0 Å². The molecule has 3 atom stereocenters. The van der Waals surface area contributed by atoms with Crippen LogP contribution >= 0.6 is 0 Å². The van der Waals surface area contributed by atoms with Crippen LogP contribution in [0, 0.1) is 11.3 Å². The Morgan fingerprint density at radius 2 is 1.89 bits per heavy atom. The third-order valence-corrected chi connectivity index (χ3v) is 6.95. The van der Waals surface area contributed by atoms with E-state index < -0.39 is 8.07 Å². The number of esters is 1. The SMILES string of the molecule is C[C@]12C3=C([Si](C)(C)C)C(=O)O[C@H]1CC[C@H]2CC3=O. The number of hydrogen-bond acceptors (Lipinski definition) is 3. The molecule has 0 spiro atoms. The number of carbonyl (C=O) groups is 2. The quantitative estimate of drug-likeness (QED) is 0.540. The molecule has 98 valence electrons. The molecule has 0 aromatic rings. The van der Waals surface area contributed by atoms with E-state index in [4.69, 9.17) is 4.74 Å². The summed E-state index contributed by atoms with van der Waals surface area (Å²) in [6.45, 7) is 8.50. The zero-order valence-corrected chi connectivity index (χ0v) is 12.5. The van der Waals surface area contributed by atoms with Gasteiger partial charge >= 0.3 is 5.97 Å². The topological polar surface area (TPSA) is 43.4 Å². The lowest BCUT2D eigenvalue weighted by Gasteiger charge is -2.40. The van der Waals surface area contributed by atoms with Crippen molar-refractivity contribution in [1.82, 2.24) is 0 Å². The predicted molar refractivity (Wildman–Crippen MR) is 70.7 cm³/mol. The Labute approximate surface area is 109 Å². The van der Waals surface area contributed by atoms with Gasteiger partial charge in [-0.05, 0) is 18.8 Å². The summed E-state index contributed by atoms with van der Waals surface area (Å²) in [6, 6.07) is 0. The van der Waals surface area contributed by atoms with Crippen LogP contribution in [0.1, 0.15) is 26.2 Å². The second-order valence-electron chi connectivity index (χ2n) is 7.08. The van der Waals surface area contributed by atoms with Crippen LogP contribution in [0.15, 0.2) is 10.8 Å². The maximum absolute atomic E-state index is 12.4. The second-order valence-corrected chi connectivity index (χ2v) is 12.1. The van der Waals surface area contributed by atoms with E-state index in [0.29, 0.717) is 12.3 Å². The van der Waals surface area contributed by atoms with Crippen LogP contribution in [0.4, 0.5) is 0 Å². The van der Waals surface area contributed by atoms with Gasteiger partial charge in [0.25, 0.3) is 0 Å². The monoisotopic (exact) mass is 264 g/mol.